The highest BCUT2D eigenvalue weighted by Gasteiger charge is 2.14. The first kappa shape index (κ1) is 11.6. The summed E-state index contributed by atoms with van der Waals surface area (Å²) in [5.74, 6) is 0.723. The van der Waals surface area contributed by atoms with Crippen LogP contribution in [0.25, 0.3) is 0 Å². The minimum atomic E-state index is 0.723. The monoisotopic (exact) mass is 222 g/mol. The molecular formula is C12H22N4. The number of likely N-dealkylation sites (tertiary alicyclic amines) is 1. The van der Waals surface area contributed by atoms with Crippen molar-refractivity contribution in [2.75, 3.05) is 26.2 Å². The lowest BCUT2D eigenvalue weighted by atomic mass is 10.1. The van der Waals surface area contributed by atoms with E-state index >= 15 is 0 Å². The molecule has 1 aliphatic rings. The molecule has 2 rings (SSSR count). The van der Waals surface area contributed by atoms with Crippen LogP contribution in [0, 0.1) is 5.92 Å². The molecule has 16 heavy (non-hydrogen) atoms. The van der Waals surface area contributed by atoms with E-state index in [9.17, 15) is 0 Å². The summed E-state index contributed by atoms with van der Waals surface area (Å²) in [4.78, 5) is 9.67. The maximum atomic E-state index is 4.00. The Morgan fingerprint density at radius 2 is 2.31 bits per heavy atom. The van der Waals surface area contributed by atoms with E-state index in [2.05, 4.69) is 27.1 Å². The summed E-state index contributed by atoms with van der Waals surface area (Å²) >= 11 is 0. The minimum Gasteiger partial charge on any atom is -0.347 e. The second-order valence-electron chi connectivity index (χ2n) is 4.82. The first-order valence-corrected chi connectivity index (χ1v) is 6.25. The van der Waals surface area contributed by atoms with Crippen molar-refractivity contribution in [3.63, 3.8) is 0 Å². The van der Waals surface area contributed by atoms with Crippen molar-refractivity contribution in [2.24, 2.45) is 5.92 Å². The molecule has 1 aliphatic heterocycles. The molecule has 90 valence electrons. The molecule has 4 nitrogen and oxygen atoms in total. The normalized spacial score (nSPS) is 19.1. The number of hydrogen-bond donors (Lipinski definition) is 2. The van der Waals surface area contributed by atoms with Crippen molar-refractivity contribution in [2.45, 2.75) is 26.3 Å². The summed E-state index contributed by atoms with van der Waals surface area (Å²) in [5, 5.41) is 3.46. The number of nitrogens with one attached hydrogen (secondary N) is 2. The standard InChI is InChI=1S/C12H22N4/c1-11(9-16-4-2-3-5-16)6-13-7-12-8-14-10-15-12/h8,10-11,13H,2-7,9H2,1H3,(H,14,15). The van der Waals surface area contributed by atoms with Crippen molar-refractivity contribution < 1.29 is 0 Å². The quantitative estimate of drug-likeness (QED) is 0.761. The molecule has 0 saturated carbocycles. The second kappa shape index (κ2) is 6.01. The van der Waals surface area contributed by atoms with Gasteiger partial charge < -0.3 is 15.2 Å². The third-order valence-corrected chi connectivity index (χ3v) is 3.13. The lowest BCUT2D eigenvalue weighted by molar-refractivity contribution is 0.282. The highest BCUT2D eigenvalue weighted by molar-refractivity contribution is 4.93. The van der Waals surface area contributed by atoms with Gasteiger partial charge in [-0.05, 0) is 38.4 Å². The zero-order valence-corrected chi connectivity index (χ0v) is 10.1. The lowest BCUT2D eigenvalue weighted by Gasteiger charge is -2.20. The van der Waals surface area contributed by atoms with Crippen molar-refractivity contribution in [3.8, 4) is 0 Å². The Morgan fingerprint density at radius 1 is 1.50 bits per heavy atom. The summed E-state index contributed by atoms with van der Waals surface area (Å²) in [7, 11) is 0. The van der Waals surface area contributed by atoms with Crippen LogP contribution in [0.5, 0.6) is 0 Å². The molecule has 0 aliphatic carbocycles. The average molecular weight is 222 g/mol. The molecule has 1 fully saturated rings. The molecule has 0 amide bonds. The summed E-state index contributed by atoms with van der Waals surface area (Å²) < 4.78 is 0. The van der Waals surface area contributed by atoms with E-state index in [-0.39, 0.29) is 0 Å². The predicted octanol–water partition coefficient (Wildman–Crippen LogP) is 1.23. The molecule has 1 aromatic rings. The van der Waals surface area contributed by atoms with Gasteiger partial charge in [-0.1, -0.05) is 6.92 Å². The summed E-state index contributed by atoms with van der Waals surface area (Å²) in [6.45, 7) is 8.11. The fourth-order valence-corrected chi connectivity index (χ4v) is 2.31. The van der Waals surface area contributed by atoms with Crippen LogP contribution in [0.3, 0.4) is 0 Å². The number of aromatic nitrogens is 2. The van der Waals surface area contributed by atoms with Crippen molar-refractivity contribution in [1.29, 1.82) is 0 Å². The van der Waals surface area contributed by atoms with Crippen LogP contribution in [-0.4, -0.2) is 41.0 Å². The van der Waals surface area contributed by atoms with Crippen molar-refractivity contribution >= 4 is 0 Å². The van der Waals surface area contributed by atoms with Gasteiger partial charge in [-0.3, -0.25) is 0 Å². The van der Waals surface area contributed by atoms with E-state index in [1.54, 1.807) is 6.33 Å². The molecule has 1 saturated heterocycles. The van der Waals surface area contributed by atoms with E-state index in [1.807, 2.05) is 6.20 Å². The largest absolute Gasteiger partial charge is 0.347 e. The Bertz CT molecular complexity index is 277. The molecule has 0 aromatic carbocycles. The number of aromatic amines is 1. The van der Waals surface area contributed by atoms with Crippen LogP contribution >= 0.6 is 0 Å². The minimum absolute atomic E-state index is 0.723. The van der Waals surface area contributed by atoms with E-state index in [4.69, 9.17) is 0 Å². The second-order valence-corrected chi connectivity index (χ2v) is 4.82. The maximum Gasteiger partial charge on any atom is 0.0922 e. The smallest absolute Gasteiger partial charge is 0.0922 e. The molecule has 0 bridgehead atoms. The molecule has 0 radical (unpaired) electrons. The summed E-state index contributed by atoms with van der Waals surface area (Å²) in [6, 6.07) is 0. The third-order valence-electron chi connectivity index (χ3n) is 3.13. The van der Waals surface area contributed by atoms with Gasteiger partial charge in [0.1, 0.15) is 0 Å². The van der Waals surface area contributed by atoms with Gasteiger partial charge in [-0.15, -0.1) is 0 Å². The Hall–Kier alpha value is -0.870. The Kier molecular flexibility index (Phi) is 4.36. The van der Waals surface area contributed by atoms with Gasteiger partial charge in [0.15, 0.2) is 0 Å². The van der Waals surface area contributed by atoms with E-state index < -0.39 is 0 Å². The van der Waals surface area contributed by atoms with E-state index in [0.717, 1.165) is 24.7 Å². The van der Waals surface area contributed by atoms with Crippen LogP contribution < -0.4 is 5.32 Å². The topological polar surface area (TPSA) is 44.0 Å². The van der Waals surface area contributed by atoms with Gasteiger partial charge >= 0.3 is 0 Å². The third kappa shape index (κ3) is 3.61. The van der Waals surface area contributed by atoms with Crippen LogP contribution in [0.15, 0.2) is 12.5 Å². The van der Waals surface area contributed by atoms with Crippen molar-refractivity contribution in [3.05, 3.63) is 18.2 Å². The molecule has 2 heterocycles. The molecule has 1 aromatic heterocycles. The Morgan fingerprint density at radius 3 is 3.00 bits per heavy atom. The van der Waals surface area contributed by atoms with E-state index in [1.165, 1.54) is 32.5 Å². The number of H-pyrrole nitrogens is 1. The average Bonchev–Trinajstić information content (AvgIpc) is 2.90. The zero-order chi connectivity index (χ0) is 11.2. The molecule has 0 spiro atoms. The Balaban J connectivity index is 1.58. The molecule has 1 unspecified atom stereocenters. The Labute approximate surface area is 97.4 Å². The highest BCUT2D eigenvalue weighted by Crippen LogP contribution is 2.09. The molecule has 2 N–H and O–H groups in total. The van der Waals surface area contributed by atoms with Crippen molar-refractivity contribution in [1.82, 2.24) is 20.2 Å². The zero-order valence-electron chi connectivity index (χ0n) is 10.1. The van der Waals surface area contributed by atoms with Crippen LogP contribution in [0.4, 0.5) is 0 Å². The van der Waals surface area contributed by atoms with E-state index in [0.29, 0.717) is 0 Å². The number of nitrogens with zero attached hydrogens (tertiary/aromatic N) is 2. The van der Waals surface area contributed by atoms with Gasteiger partial charge in [0.2, 0.25) is 0 Å². The first-order valence-electron chi connectivity index (χ1n) is 6.25. The van der Waals surface area contributed by atoms with Gasteiger partial charge in [0, 0.05) is 25.0 Å². The molecule has 4 heteroatoms. The first-order chi connectivity index (χ1) is 7.84. The predicted molar refractivity (Wildman–Crippen MR) is 65.1 cm³/mol. The maximum absolute atomic E-state index is 4.00. The van der Waals surface area contributed by atoms with Gasteiger partial charge in [-0.25, -0.2) is 4.98 Å². The molecular weight excluding hydrogens is 200 g/mol. The highest BCUT2D eigenvalue weighted by atomic mass is 15.1. The van der Waals surface area contributed by atoms with Gasteiger partial charge in [0.05, 0.1) is 6.33 Å². The van der Waals surface area contributed by atoms with Crippen LogP contribution in [-0.2, 0) is 6.54 Å². The van der Waals surface area contributed by atoms with Gasteiger partial charge in [0.25, 0.3) is 0 Å². The summed E-state index contributed by atoms with van der Waals surface area (Å²) in [6.07, 6.45) is 6.37. The SMILES string of the molecule is CC(CNCc1cnc[nH]1)CN1CCCC1. The number of hydrogen-bond acceptors (Lipinski definition) is 3. The number of rotatable bonds is 6. The fraction of sp³-hybridized carbons (Fsp3) is 0.750. The van der Waals surface area contributed by atoms with Crippen LogP contribution in [0.1, 0.15) is 25.5 Å². The lowest BCUT2D eigenvalue weighted by Crippen LogP contribution is -2.31. The van der Waals surface area contributed by atoms with Crippen LogP contribution in [0.2, 0.25) is 0 Å². The number of imidazole rings is 1. The molecule has 1 atom stereocenters. The summed E-state index contributed by atoms with van der Waals surface area (Å²) in [5.41, 5.74) is 1.16. The fourth-order valence-electron chi connectivity index (χ4n) is 2.31. The van der Waals surface area contributed by atoms with Gasteiger partial charge in [-0.2, -0.15) is 0 Å².